The summed E-state index contributed by atoms with van der Waals surface area (Å²) in [6, 6.07) is 16.6. The van der Waals surface area contributed by atoms with Gasteiger partial charge in [0.1, 0.15) is 17.5 Å². The van der Waals surface area contributed by atoms with Gasteiger partial charge in [-0.05, 0) is 62.4 Å². The van der Waals surface area contributed by atoms with Crippen molar-refractivity contribution in [3.63, 3.8) is 0 Å². The van der Waals surface area contributed by atoms with E-state index in [4.69, 9.17) is 18.7 Å². The summed E-state index contributed by atoms with van der Waals surface area (Å²) in [6.45, 7) is 7.48. The number of hydrogen-bond acceptors (Lipinski definition) is 8. The van der Waals surface area contributed by atoms with Gasteiger partial charge in [0.2, 0.25) is 5.91 Å². The smallest absolute Gasteiger partial charge is 0.373 e. The van der Waals surface area contributed by atoms with Gasteiger partial charge in [0.25, 0.3) is 0 Å². The molecule has 1 amide bonds. The highest BCUT2D eigenvalue weighted by Crippen LogP contribution is 2.30. The lowest BCUT2D eigenvalue weighted by atomic mass is 9.88. The van der Waals surface area contributed by atoms with Crippen LogP contribution in [0.15, 0.2) is 69.0 Å². The van der Waals surface area contributed by atoms with E-state index in [0.717, 1.165) is 45.3 Å². The van der Waals surface area contributed by atoms with Gasteiger partial charge in [-0.3, -0.25) is 4.79 Å². The van der Waals surface area contributed by atoms with E-state index >= 15 is 0 Å². The first-order valence-electron chi connectivity index (χ1n) is 12.6. The zero-order valence-corrected chi connectivity index (χ0v) is 23.1. The molecule has 202 valence electrons. The highest BCUT2D eigenvalue weighted by Gasteiger charge is 2.38. The van der Waals surface area contributed by atoms with Gasteiger partial charge in [-0.25, -0.2) is 9.78 Å². The second-order valence-electron chi connectivity index (χ2n) is 8.57. The number of aryl methyl sites for hydroxylation is 2. The maximum absolute atomic E-state index is 12.6. The minimum atomic E-state index is -1.00. The lowest BCUT2D eigenvalue weighted by Gasteiger charge is -2.31. The maximum Gasteiger partial charge on any atom is 0.373 e. The van der Waals surface area contributed by atoms with Gasteiger partial charge in [-0.2, -0.15) is 9.59 Å². The second-order valence-corrected chi connectivity index (χ2v) is 9.71. The number of nitrogens with one attached hydrogen (secondary N) is 1. The minimum Gasteiger partial charge on any atom is -0.464 e. The fourth-order valence-corrected chi connectivity index (χ4v) is 4.73. The van der Waals surface area contributed by atoms with Crippen molar-refractivity contribution >= 4 is 29.8 Å². The molecule has 0 aliphatic heterocycles. The number of ether oxygens (including phenoxy) is 1. The number of nitrogens with zero attached hydrogens (tertiary/aromatic N) is 1. The summed E-state index contributed by atoms with van der Waals surface area (Å²) in [6.07, 6.45) is 5.44. The summed E-state index contributed by atoms with van der Waals surface area (Å²) in [5, 5.41) is 2.84. The standard InChI is InChI=1S/C28H34N2O4S.CO2/c1-5-8-26-29-25(19-34-26)22-11-15-24(16-12-22)35-23-13-9-21(10-14-23)17-18-28(6-2,30-20(4)31)27(32)33-7-3;2-1-3/h9-16,19H,5-8,17-18H2,1-4H3,(H,30,31);. The molecular weight excluding hydrogens is 504 g/mol. The average molecular weight is 539 g/mol. The van der Waals surface area contributed by atoms with Gasteiger partial charge in [-0.15, -0.1) is 0 Å². The molecule has 2 aromatic carbocycles. The zero-order valence-electron chi connectivity index (χ0n) is 22.2. The SMILES string of the molecule is CCCc1nc(-c2ccc(Sc3ccc(CCC(CC)(NC(C)=O)C(=O)OCC)cc3)cc2)co1.O=C=O. The molecule has 3 rings (SSSR count). The molecule has 0 fully saturated rings. The predicted octanol–water partition coefficient (Wildman–Crippen LogP) is 5.64. The van der Waals surface area contributed by atoms with Gasteiger partial charge >= 0.3 is 12.1 Å². The third-order valence-corrected chi connectivity index (χ3v) is 6.87. The summed E-state index contributed by atoms with van der Waals surface area (Å²) in [5.41, 5.74) is 2.00. The van der Waals surface area contributed by atoms with E-state index in [1.54, 1.807) is 24.9 Å². The zero-order chi connectivity index (χ0) is 28.0. The van der Waals surface area contributed by atoms with E-state index in [2.05, 4.69) is 65.8 Å². The molecule has 1 aromatic heterocycles. The first kappa shape index (κ1) is 30.5. The topological polar surface area (TPSA) is 116 Å². The molecule has 0 spiro atoms. The lowest BCUT2D eigenvalue weighted by Crippen LogP contribution is -2.54. The molecule has 0 aliphatic carbocycles. The van der Waals surface area contributed by atoms with Crippen LogP contribution in [0.3, 0.4) is 0 Å². The van der Waals surface area contributed by atoms with E-state index in [0.29, 0.717) is 19.3 Å². The molecule has 1 unspecified atom stereocenters. The molecule has 9 heteroatoms. The molecule has 1 heterocycles. The Morgan fingerprint density at radius 3 is 2.13 bits per heavy atom. The van der Waals surface area contributed by atoms with Crippen molar-refractivity contribution in [3.05, 3.63) is 66.2 Å². The largest absolute Gasteiger partial charge is 0.464 e. The molecule has 0 saturated carbocycles. The van der Waals surface area contributed by atoms with Crippen molar-refractivity contribution in [2.24, 2.45) is 0 Å². The molecule has 0 aliphatic rings. The van der Waals surface area contributed by atoms with Crippen molar-refractivity contribution in [2.45, 2.75) is 75.1 Å². The van der Waals surface area contributed by atoms with Gasteiger partial charge in [0, 0.05) is 28.7 Å². The van der Waals surface area contributed by atoms with Crippen LogP contribution in [0.2, 0.25) is 0 Å². The van der Waals surface area contributed by atoms with E-state index < -0.39 is 5.54 Å². The predicted molar refractivity (Wildman–Crippen MR) is 143 cm³/mol. The van der Waals surface area contributed by atoms with Crippen LogP contribution in [0.25, 0.3) is 11.3 Å². The number of amides is 1. The molecular formula is C29H34N2O6S. The van der Waals surface area contributed by atoms with Crippen molar-refractivity contribution < 1.29 is 28.3 Å². The molecule has 0 bridgehead atoms. The van der Waals surface area contributed by atoms with Crippen LogP contribution in [-0.2, 0) is 36.8 Å². The van der Waals surface area contributed by atoms with Gasteiger partial charge in [-0.1, -0.05) is 49.9 Å². The van der Waals surface area contributed by atoms with Crippen LogP contribution in [0.5, 0.6) is 0 Å². The van der Waals surface area contributed by atoms with E-state index in [1.165, 1.54) is 6.92 Å². The highest BCUT2D eigenvalue weighted by atomic mass is 32.2. The summed E-state index contributed by atoms with van der Waals surface area (Å²) in [4.78, 5) is 47.4. The van der Waals surface area contributed by atoms with E-state index in [1.807, 2.05) is 6.92 Å². The van der Waals surface area contributed by atoms with Crippen LogP contribution in [0.1, 0.15) is 58.4 Å². The number of benzene rings is 2. The summed E-state index contributed by atoms with van der Waals surface area (Å²) in [5.74, 6) is 0.166. The van der Waals surface area contributed by atoms with Gasteiger partial charge in [0.05, 0.1) is 6.61 Å². The average Bonchev–Trinajstić information content (AvgIpc) is 3.37. The molecule has 38 heavy (non-hydrogen) atoms. The number of carbonyl (C=O) groups is 2. The number of rotatable bonds is 12. The van der Waals surface area contributed by atoms with Crippen LogP contribution < -0.4 is 5.32 Å². The number of aromatic nitrogens is 1. The first-order valence-corrected chi connectivity index (χ1v) is 13.4. The van der Waals surface area contributed by atoms with Crippen LogP contribution >= 0.6 is 11.8 Å². The molecule has 8 nitrogen and oxygen atoms in total. The van der Waals surface area contributed by atoms with Crippen molar-refractivity contribution in [1.82, 2.24) is 10.3 Å². The van der Waals surface area contributed by atoms with E-state index in [9.17, 15) is 9.59 Å². The molecule has 1 N–H and O–H groups in total. The maximum atomic E-state index is 12.6. The fourth-order valence-electron chi connectivity index (χ4n) is 3.92. The van der Waals surface area contributed by atoms with Gasteiger partial charge < -0.3 is 14.5 Å². The monoisotopic (exact) mass is 538 g/mol. The number of oxazole rings is 1. The number of hydrogen-bond donors (Lipinski definition) is 1. The Labute approximate surface area is 227 Å². The summed E-state index contributed by atoms with van der Waals surface area (Å²) < 4.78 is 10.8. The third kappa shape index (κ3) is 9.01. The highest BCUT2D eigenvalue weighted by molar-refractivity contribution is 7.99. The molecule has 0 radical (unpaired) electrons. The van der Waals surface area contributed by atoms with Crippen molar-refractivity contribution in [2.75, 3.05) is 6.61 Å². The van der Waals surface area contributed by atoms with Crippen molar-refractivity contribution in [3.8, 4) is 11.3 Å². The van der Waals surface area contributed by atoms with Crippen LogP contribution in [0.4, 0.5) is 0 Å². The Morgan fingerprint density at radius 1 is 1.00 bits per heavy atom. The quantitative estimate of drug-likeness (QED) is 0.295. The number of carbonyl (C=O) groups excluding carboxylic acids is 4. The normalized spacial score (nSPS) is 11.9. The number of esters is 1. The fraction of sp³-hybridized carbons (Fsp3) is 0.379. The summed E-state index contributed by atoms with van der Waals surface area (Å²) in [7, 11) is 0. The lowest BCUT2D eigenvalue weighted by molar-refractivity contribution is -0.191. The molecule has 3 aromatic rings. The first-order chi connectivity index (χ1) is 18.3. The van der Waals surface area contributed by atoms with Crippen LogP contribution in [-0.4, -0.2) is 35.2 Å². The van der Waals surface area contributed by atoms with Crippen LogP contribution in [0, 0.1) is 0 Å². The second kappa shape index (κ2) is 15.5. The Kier molecular flexibility index (Phi) is 12.5. The van der Waals surface area contributed by atoms with Crippen molar-refractivity contribution in [1.29, 1.82) is 0 Å². The Morgan fingerprint density at radius 2 is 1.61 bits per heavy atom. The van der Waals surface area contributed by atoms with Gasteiger partial charge in [0.15, 0.2) is 5.89 Å². The molecule has 1 atom stereocenters. The Bertz CT molecular complexity index is 1200. The Balaban J connectivity index is 0.00000161. The molecule has 0 saturated heterocycles. The third-order valence-electron chi connectivity index (χ3n) is 5.85. The summed E-state index contributed by atoms with van der Waals surface area (Å²) >= 11 is 1.69. The van der Waals surface area contributed by atoms with E-state index in [-0.39, 0.29) is 24.6 Å². The minimum absolute atomic E-state index is 0.234. The Hall–Kier alpha value is -3.68.